The fourth-order valence-corrected chi connectivity index (χ4v) is 4.79. The van der Waals surface area contributed by atoms with Gasteiger partial charge in [0, 0.05) is 36.8 Å². The number of urea groups is 1. The molecule has 0 spiro atoms. The van der Waals surface area contributed by atoms with Gasteiger partial charge in [-0.25, -0.2) is 4.79 Å². The maximum Gasteiger partial charge on any atom is 0.319 e. The van der Waals surface area contributed by atoms with Gasteiger partial charge < -0.3 is 30.3 Å². The number of benzene rings is 3. The maximum absolute atomic E-state index is 12.1. The van der Waals surface area contributed by atoms with E-state index in [9.17, 15) is 15.0 Å². The zero-order valence-electron chi connectivity index (χ0n) is 22.8. The van der Waals surface area contributed by atoms with E-state index in [2.05, 4.69) is 15.5 Å². The highest BCUT2D eigenvalue weighted by molar-refractivity contribution is 5.89. The van der Waals surface area contributed by atoms with E-state index >= 15 is 0 Å². The highest BCUT2D eigenvalue weighted by atomic mass is 16.7. The van der Waals surface area contributed by atoms with Crippen LogP contribution in [0.3, 0.4) is 0 Å². The zero-order valence-corrected chi connectivity index (χ0v) is 22.8. The van der Waals surface area contributed by atoms with Crippen LogP contribution in [0.2, 0.25) is 0 Å². The number of carbonyl (C=O) groups is 1. The van der Waals surface area contributed by atoms with Gasteiger partial charge in [0.1, 0.15) is 0 Å². The second kappa shape index (κ2) is 13.7. The van der Waals surface area contributed by atoms with E-state index in [1.54, 1.807) is 0 Å². The van der Waals surface area contributed by atoms with Crippen LogP contribution in [0.25, 0.3) is 0 Å². The molecule has 0 aliphatic carbocycles. The molecule has 0 unspecified atom stereocenters. The second-order valence-electron chi connectivity index (χ2n) is 10.00. The lowest BCUT2D eigenvalue weighted by Gasteiger charge is -2.39. The van der Waals surface area contributed by atoms with Crippen LogP contribution in [0, 0.1) is 0 Å². The molecule has 8 nitrogen and oxygen atoms in total. The van der Waals surface area contributed by atoms with E-state index in [0.717, 1.165) is 22.3 Å². The van der Waals surface area contributed by atoms with Gasteiger partial charge in [-0.15, -0.1) is 0 Å². The van der Waals surface area contributed by atoms with Crippen molar-refractivity contribution in [1.82, 2.24) is 10.2 Å². The van der Waals surface area contributed by atoms with Gasteiger partial charge in [0.25, 0.3) is 0 Å². The average Bonchev–Trinajstić information content (AvgIpc) is 2.97. The number of aliphatic hydroxyl groups is 2. The van der Waals surface area contributed by atoms with Gasteiger partial charge in [0.05, 0.1) is 24.9 Å². The fourth-order valence-electron chi connectivity index (χ4n) is 4.79. The first-order valence-electron chi connectivity index (χ1n) is 13.5. The number of aliphatic hydroxyl groups excluding tert-OH is 2. The molecule has 0 radical (unpaired) electrons. The monoisotopic (exact) mass is 533 g/mol. The van der Waals surface area contributed by atoms with Gasteiger partial charge >= 0.3 is 6.03 Å². The third-order valence-corrected chi connectivity index (χ3v) is 7.15. The molecular formula is C31H39N3O5. The Balaban J connectivity index is 1.53. The number of likely N-dealkylation sites (N-methyl/N-ethyl adjacent to an activating group) is 1. The lowest BCUT2D eigenvalue weighted by atomic mass is 9.98. The van der Waals surface area contributed by atoms with E-state index in [1.807, 2.05) is 99.8 Å². The summed E-state index contributed by atoms with van der Waals surface area (Å²) in [5.41, 5.74) is 4.16. The molecule has 39 heavy (non-hydrogen) atoms. The Labute approximate surface area is 230 Å². The van der Waals surface area contributed by atoms with Gasteiger partial charge in [0.2, 0.25) is 0 Å². The topological polar surface area (TPSA) is 103 Å². The molecule has 2 amide bonds. The van der Waals surface area contributed by atoms with E-state index in [4.69, 9.17) is 9.47 Å². The summed E-state index contributed by atoms with van der Waals surface area (Å²) < 4.78 is 12.9. The number of carbonyl (C=O) groups excluding carboxylic acids is 1. The number of hydrogen-bond donors (Lipinski definition) is 4. The van der Waals surface area contributed by atoms with Crippen molar-refractivity contribution in [2.75, 3.05) is 25.5 Å². The molecule has 1 aliphatic rings. The van der Waals surface area contributed by atoms with Crippen molar-refractivity contribution in [3.05, 3.63) is 101 Å². The van der Waals surface area contributed by atoms with Crippen molar-refractivity contribution in [1.29, 1.82) is 0 Å². The quantitative estimate of drug-likeness (QED) is 0.295. The van der Waals surface area contributed by atoms with E-state index in [-0.39, 0.29) is 30.9 Å². The van der Waals surface area contributed by atoms with Gasteiger partial charge in [0.15, 0.2) is 6.29 Å². The van der Waals surface area contributed by atoms with Crippen LogP contribution < -0.4 is 10.6 Å². The number of rotatable bonds is 10. The predicted molar refractivity (Wildman–Crippen MR) is 151 cm³/mol. The third kappa shape index (κ3) is 7.65. The highest BCUT2D eigenvalue weighted by Crippen LogP contribution is 2.39. The van der Waals surface area contributed by atoms with Gasteiger partial charge in [-0.05, 0) is 49.7 Å². The van der Waals surface area contributed by atoms with Crippen LogP contribution in [0.1, 0.15) is 61.0 Å². The van der Waals surface area contributed by atoms with Crippen LogP contribution in [-0.4, -0.2) is 53.4 Å². The Bertz CT molecular complexity index is 1190. The fraction of sp³-hybridized carbons (Fsp3) is 0.387. The van der Waals surface area contributed by atoms with E-state index < -0.39 is 12.4 Å². The molecule has 208 valence electrons. The molecule has 4 rings (SSSR count). The molecule has 1 heterocycles. The van der Waals surface area contributed by atoms with Crippen molar-refractivity contribution in [3.63, 3.8) is 0 Å². The van der Waals surface area contributed by atoms with Crippen molar-refractivity contribution >= 4 is 11.7 Å². The summed E-state index contributed by atoms with van der Waals surface area (Å²) in [4.78, 5) is 14.2. The third-order valence-electron chi connectivity index (χ3n) is 7.15. The van der Waals surface area contributed by atoms with Crippen LogP contribution in [-0.2, 0) is 16.1 Å². The number of nitrogens with one attached hydrogen (secondary N) is 2. The molecule has 0 saturated carbocycles. The molecule has 8 heteroatoms. The van der Waals surface area contributed by atoms with E-state index in [0.29, 0.717) is 25.2 Å². The maximum atomic E-state index is 12.1. The van der Waals surface area contributed by atoms with Crippen molar-refractivity contribution < 1.29 is 24.5 Å². The first-order valence-corrected chi connectivity index (χ1v) is 13.5. The Morgan fingerprint density at radius 3 is 2.46 bits per heavy atom. The number of ether oxygens (including phenoxy) is 2. The molecule has 1 aliphatic heterocycles. The van der Waals surface area contributed by atoms with Crippen LogP contribution in [0.15, 0.2) is 78.9 Å². The van der Waals surface area contributed by atoms with Gasteiger partial charge in [-0.2, -0.15) is 0 Å². The smallest absolute Gasteiger partial charge is 0.319 e. The normalized spacial score (nSPS) is 20.8. The Morgan fingerprint density at radius 1 is 1.03 bits per heavy atom. The number of nitrogens with zero attached hydrogens (tertiary/aromatic N) is 1. The molecular weight excluding hydrogens is 494 g/mol. The lowest BCUT2D eigenvalue weighted by Crippen LogP contribution is -2.43. The molecule has 0 aromatic heterocycles. The standard InChI is InChI=1S/C31H39N3O5/c1-4-32-31(37)33-26-12-8-11-25(17-26)30-38-27(18-28(39-30)23-15-13-22(20-35)14-16-23)19-34(3)21(2)29(36)24-9-6-5-7-10-24/h5-17,21,27-30,35-36H,4,18-20H2,1-3H3,(H2,32,33,37)/t21-,27+,28-,29-,30-/m0/s1. The number of amides is 2. The summed E-state index contributed by atoms with van der Waals surface area (Å²) in [6.07, 6.45) is -1.06. The minimum atomic E-state index is -0.648. The van der Waals surface area contributed by atoms with Gasteiger partial charge in [-0.3, -0.25) is 4.90 Å². The summed E-state index contributed by atoms with van der Waals surface area (Å²) in [6, 6.07) is 24.5. The lowest BCUT2D eigenvalue weighted by molar-refractivity contribution is -0.253. The molecule has 1 saturated heterocycles. The summed E-state index contributed by atoms with van der Waals surface area (Å²) in [7, 11) is 1.99. The molecule has 4 N–H and O–H groups in total. The minimum Gasteiger partial charge on any atom is -0.392 e. The first-order chi connectivity index (χ1) is 18.9. The number of anilines is 1. The Hall–Kier alpha value is -3.27. The predicted octanol–water partition coefficient (Wildman–Crippen LogP) is 4.92. The summed E-state index contributed by atoms with van der Waals surface area (Å²) in [6.45, 7) is 4.98. The first kappa shape index (κ1) is 28.7. The van der Waals surface area contributed by atoms with Crippen molar-refractivity contribution in [3.8, 4) is 0 Å². The second-order valence-corrected chi connectivity index (χ2v) is 10.00. The van der Waals surface area contributed by atoms with E-state index in [1.165, 1.54) is 0 Å². The van der Waals surface area contributed by atoms with Crippen LogP contribution >= 0.6 is 0 Å². The van der Waals surface area contributed by atoms with Crippen molar-refractivity contribution in [2.24, 2.45) is 0 Å². The largest absolute Gasteiger partial charge is 0.392 e. The Kier molecular flexibility index (Phi) is 10.1. The molecule has 1 fully saturated rings. The minimum absolute atomic E-state index is 0.0159. The Morgan fingerprint density at radius 2 is 1.77 bits per heavy atom. The van der Waals surface area contributed by atoms with Crippen LogP contribution in [0.5, 0.6) is 0 Å². The average molecular weight is 534 g/mol. The van der Waals surface area contributed by atoms with Crippen LogP contribution in [0.4, 0.5) is 10.5 Å². The number of hydrogen-bond acceptors (Lipinski definition) is 6. The summed E-state index contributed by atoms with van der Waals surface area (Å²) >= 11 is 0. The highest BCUT2D eigenvalue weighted by Gasteiger charge is 2.34. The zero-order chi connectivity index (χ0) is 27.8. The van der Waals surface area contributed by atoms with Gasteiger partial charge in [-0.1, -0.05) is 66.7 Å². The SMILES string of the molecule is CCNC(=O)Nc1cccc([C@H]2O[C@@H](CN(C)[C@@H](C)[C@H](O)c3ccccc3)C[C@@H](c3ccc(CO)cc3)O2)c1. The molecule has 3 aromatic rings. The molecule has 3 aromatic carbocycles. The molecule has 5 atom stereocenters. The van der Waals surface area contributed by atoms with Crippen molar-refractivity contribution in [2.45, 2.75) is 57.5 Å². The summed E-state index contributed by atoms with van der Waals surface area (Å²) in [5, 5.41) is 26.0. The molecule has 0 bridgehead atoms. The summed E-state index contributed by atoms with van der Waals surface area (Å²) in [5.74, 6) is 0.